The van der Waals surface area contributed by atoms with E-state index in [1.807, 2.05) is 6.07 Å². The molecule has 0 amide bonds. The highest BCUT2D eigenvalue weighted by molar-refractivity contribution is 9.10. The summed E-state index contributed by atoms with van der Waals surface area (Å²) >= 11 is 3.39. The van der Waals surface area contributed by atoms with E-state index in [1.54, 1.807) is 0 Å². The molecular formula is C12H17BrFN. The minimum absolute atomic E-state index is 0.199. The Morgan fingerprint density at radius 1 is 1.33 bits per heavy atom. The molecule has 0 saturated carbocycles. The van der Waals surface area contributed by atoms with Crippen molar-refractivity contribution >= 4 is 15.9 Å². The predicted octanol–water partition coefficient (Wildman–Crippen LogP) is 3.69. The number of rotatable bonds is 4. The zero-order valence-electron chi connectivity index (χ0n) is 9.35. The first-order valence-electron chi connectivity index (χ1n) is 5.19. The van der Waals surface area contributed by atoms with E-state index in [9.17, 15) is 4.39 Å². The molecule has 0 aliphatic heterocycles. The second-order valence-electron chi connectivity index (χ2n) is 4.13. The highest BCUT2D eigenvalue weighted by Gasteiger charge is 2.10. The third-order valence-corrected chi connectivity index (χ3v) is 3.01. The summed E-state index contributed by atoms with van der Waals surface area (Å²) in [6.45, 7) is 7.27. The van der Waals surface area contributed by atoms with E-state index in [2.05, 4.69) is 42.0 Å². The van der Waals surface area contributed by atoms with Gasteiger partial charge in [0.1, 0.15) is 5.82 Å². The van der Waals surface area contributed by atoms with Gasteiger partial charge in [0, 0.05) is 17.1 Å². The van der Waals surface area contributed by atoms with Crippen LogP contribution in [0.1, 0.15) is 32.3 Å². The second-order valence-corrected chi connectivity index (χ2v) is 4.98. The van der Waals surface area contributed by atoms with Crippen LogP contribution in [0.2, 0.25) is 0 Å². The molecule has 1 nitrogen and oxygen atoms in total. The van der Waals surface area contributed by atoms with Gasteiger partial charge in [-0.1, -0.05) is 42.8 Å². The van der Waals surface area contributed by atoms with E-state index in [4.69, 9.17) is 0 Å². The van der Waals surface area contributed by atoms with Crippen LogP contribution in [0.3, 0.4) is 0 Å². The molecule has 1 aromatic carbocycles. The Kier molecular flexibility index (Phi) is 4.74. The average molecular weight is 274 g/mol. The summed E-state index contributed by atoms with van der Waals surface area (Å²) in [6, 6.07) is 5.34. The summed E-state index contributed by atoms with van der Waals surface area (Å²) in [5, 5.41) is 3.37. The van der Waals surface area contributed by atoms with Gasteiger partial charge in [-0.25, -0.2) is 4.39 Å². The topological polar surface area (TPSA) is 12.0 Å². The molecule has 0 saturated heterocycles. The van der Waals surface area contributed by atoms with E-state index < -0.39 is 0 Å². The Balaban J connectivity index is 2.69. The molecule has 0 aliphatic rings. The van der Waals surface area contributed by atoms with Crippen molar-refractivity contribution in [3.63, 3.8) is 0 Å². The summed E-state index contributed by atoms with van der Waals surface area (Å²) in [6.07, 6.45) is 0. The maximum atomic E-state index is 12.9. The molecule has 0 fully saturated rings. The fourth-order valence-corrected chi connectivity index (χ4v) is 2.17. The molecule has 3 heteroatoms. The summed E-state index contributed by atoms with van der Waals surface area (Å²) < 4.78 is 13.7. The lowest BCUT2D eigenvalue weighted by atomic mass is 10.0. The van der Waals surface area contributed by atoms with E-state index >= 15 is 0 Å². The number of hydrogen-bond donors (Lipinski definition) is 1. The monoisotopic (exact) mass is 273 g/mol. The minimum atomic E-state index is -0.199. The van der Waals surface area contributed by atoms with Gasteiger partial charge in [0.25, 0.3) is 0 Å². The lowest BCUT2D eigenvalue weighted by Crippen LogP contribution is -2.27. The molecule has 1 atom stereocenters. The van der Waals surface area contributed by atoms with Gasteiger partial charge in [-0.15, -0.1) is 0 Å². The Labute approximate surface area is 99.2 Å². The van der Waals surface area contributed by atoms with Gasteiger partial charge < -0.3 is 5.32 Å². The van der Waals surface area contributed by atoms with Gasteiger partial charge in [0.15, 0.2) is 0 Å². The van der Waals surface area contributed by atoms with Crippen LogP contribution in [-0.2, 0) is 0 Å². The molecule has 1 aromatic rings. The van der Waals surface area contributed by atoms with Gasteiger partial charge in [-0.05, 0) is 23.6 Å². The Bertz CT molecular complexity index is 325. The van der Waals surface area contributed by atoms with Crippen molar-refractivity contribution < 1.29 is 4.39 Å². The quantitative estimate of drug-likeness (QED) is 0.883. The Morgan fingerprint density at radius 3 is 2.53 bits per heavy atom. The smallest absolute Gasteiger partial charge is 0.124 e. The molecule has 15 heavy (non-hydrogen) atoms. The highest BCUT2D eigenvalue weighted by atomic mass is 79.9. The van der Waals surface area contributed by atoms with Crippen LogP contribution in [0.5, 0.6) is 0 Å². The zero-order chi connectivity index (χ0) is 11.4. The van der Waals surface area contributed by atoms with Crippen LogP contribution in [0.25, 0.3) is 0 Å². The first-order valence-corrected chi connectivity index (χ1v) is 5.98. The van der Waals surface area contributed by atoms with Gasteiger partial charge in [-0.2, -0.15) is 0 Å². The molecule has 0 radical (unpaired) electrons. The zero-order valence-corrected chi connectivity index (χ0v) is 10.9. The van der Waals surface area contributed by atoms with Crippen LogP contribution in [0.15, 0.2) is 22.7 Å². The number of benzene rings is 1. The molecule has 1 unspecified atom stereocenters. The largest absolute Gasteiger partial charge is 0.314 e. The summed E-state index contributed by atoms with van der Waals surface area (Å²) in [7, 11) is 0. The van der Waals surface area contributed by atoms with E-state index in [0.717, 1.165) is 16.6 Å². The Morgan fingerprint density at radius 2 is 2.00 bits per heavy atom. The molecular weight excluding hydrogens is 257 g/mol. The average Bonchev–Trinajstić information content (AvgIpc) is 2.14. The number of nitrogens with one attached hydrogen (secondary N) is 1. The molecule has 84 valence electrons. The maximum absolute atomic E-state index is 12.9. The lowest BCUT2D eigenvalue weighted by molar-refractivity contribution is 0.546. The first-order chi connectivity index (χ1) is 7.00. The standard InChI is InChI=1S/C12H17BrFN/c1-8(2)15-7-9(3)11-5-4-10(14)6-12(11)13/h4-6,8-9,15H,7H2,1-3H3. The van der Waals surface area contributed by atoms with E-state index in [-0.39, 0.29) is 5.82 Å². The molecule has 0 heterocycles. The van der Waals surface area contributed by atoms with Gasteiger partial charge in [0.05, 0.1) is 0 Å². The van der Waals surface area contributed by atoms with Crippen molar-refractivity contribution in [2.45, 2.75) is 32.7 Å². The van der Waals surface area contributed by atoms with Crippen LogP contribution in [-0.4, -0.2) is 12.6 Å². The van der Waals surface area contributed by atoms with Crippen LogP contribution >= 0.6 is 15.9 Å². The van der Waals surface area contributed by atoms with Crippen molar-refractivity contribution in [1.82, 2.24) is 5.32 Å². The van der Waals surface area contributed by atoms with Crippen LogP contribution in [0.4, 0.5) is 4.39 Å². The maximum Gasteiger partial charge on any atom is 0.124 e. The van der Waals surface area contributed by atoms with Crippen molar-refractivity contribution in [3.05, 3.63) is 34.1 Å². The number of hydrogen-bond acceptors (Lipinski definition) is 1. The SMILES string of the molecule is CC(C)NCC(C)c1ccc(F)cc1Br. The minimum Gasteiger partial charge on any atom is -0.314 e. The molecule has 1 rings (SSSR count). The summed E-state index contributed by atoms with van der Waals surface area (Å²) in [4.78, 5) is 0. The molecule has 0 aliphatic carbocycles. The molecule has 0 spiro atoms. The van der Waals surface area contributed by atoms with Crippen molar-refractivity contribution in [2.24, 2.45) is 0 Å². The van der Waals surface area contributed by atoms with E-state index in [1.165, 1.54) is 12.1 Å². The second kappa shape index (κ2) is 5.61. The third-order valence-electron chi connectivity index (χ3n) is 2.33. The highest BCUT2D eigenvalue weighted by Crippen LogP contribution is 2.25. The number of halogens is 2. The van der Waals surface area contributed by atoms with Gasteiger partial charge in [0.2, 0.25) is 0 Å². The third kappa shape index (κ3) is 3.92. The lowest BCUT2D eigenvalue weighted by Gasteiger charge is -2.16. The van der Waals surface area contributed by atoms with E-state index in [0.29, 0.717) is 12.0 Å². The molecule has 0 aromatic heterocycles. The fraction of sp³-hybridized carbons (Fsp3) is 0.500. The van der Waals surface area contributed by atoms with Crippen molar-refractivity contribution in [1.29, 1.82) is 0 Å². The summed E-state index contributed by atoms with van der Waals surface area (Å²) in [5.41, 5.74) is 1.14. The van der Waals surface area contributed by atoms with Gasteiger partial charge in [-0.3, -0.25) is 0 Å². The molecule has 1 N–H and O–H groups in total. The first kappa shape index (κ1) is 12.7. The predicted molar refractivity (Wildman–Crippen MR) is 65.7 cm³/mol. The van der Waals surface area contributed by atoms with Gasteiger partial charge >= 0.3 is 0 Å². The normalized spacial score (nSPS) is 13.2. The van der Waals surface area contributed by atoms with Crippen LogP contribution < -0.4 is 5.32 Å². The van der Waals surface area contributed by atoms with Crippen LogP contribution in [0, 0.1) is 5.82 Å². The molecule has 0 bridgehead atoms. The van der Waals surface area contributed by atoms with Crippen molar-refractivity contribution in [3.8, 4) is 0 Å². The summed E-state index contributed by atoms with van der Waals surface area (Å²) in [5.74, 6) is 0.178. The fourth-order valence-electron chi connectivity index (χ4n) is 1.42. The van der Waals surface area contributed by atoms with Crippen molar-refractivity contribution in [2.75, 3.05) is 6.54 Å². The Hall–Kier alpha value is -0.410.